The monoisotopic (exact) mass is 411 g/mol. The Morgan fingerprint density at radius 3 is 2.63 bits per heavy atom. The molecule has 0 bridgehead atoms. The molecule has 2 aromatic rings. The molecule has 1 aliphatic heterocycles. The molecule has 2 N–H and O–H groups in total. The van der Waals surface area contributed by atoms with E-state index in [1.54, 1.807) is 0 Å². The van der Waals surface area contributed by atoms with Crippen LogP contribution in [-0.2, 0) is 13.6 Å². The smallest absolute Gasteiger partial charge is 0.192 e. The summed E-state index contributed by atoms with van der Waals surface area (Å²) in [5, 5.41) is 15.6. The van der Waals surface area contributed by atoms with Crippen LogP contribution in [0, 0.1) is 12.8 Å². The Bertz CT molecular complexity index is 812. The number of likely N-dealkylation sites (tertiary alicyclic amines) is 1. The van der Waals surface area contributed by atoms with E-state index in [1.165, 1.54) is 24.9 Å². The van der Waals surface area contributed by atoms with Crippen molar-refractivity contribution in [1.82, 2.24) is 30.3 Å². The van der Waals surface area contributed by atoms with Crippen molar-refractivity contribution < 1.29 is 0 Å². The fraction of sp³-hybridized carbons (Fsp3) is 0.609. The molecule has 7 nitrogen and oxygen atoms in total. The maximum atomic E-state index is 4.83. The lowest BCUT2D eigenvalue weighted by Crippen LogP contribution is -2.46. The highest BCUT2D eigenvalue weighted by Crippen LogP contribution is 2.18. The van der Waals surface area contributed by atoms with Crippen LogP contribution < -0.4 is 10.6 Å². The molecule has 0 radical (unpaired) electrons. The standard InChI is InChI=1S/C23H37N7/c1-17(2)16-30-13-9-12-21(30)14-24-23(25-15-22-28-27-19(4)29(22)5)26-18(3)20-10-7-6-8-11-20/h6-8,10-11,17-18,21H,9,12-16H2,1-5H3,(H2,24,25,26)/t18?,21-/m1/s1. The van der Waals surface area contributed by atoms with E-state index in [0.717, 1.165) is 30.7 Å². The van der Waals surface area contributed by atoms with Crippen LogP contribution in [0.5, 0.6) is 0 Å². The van der Waals surface area contributed by atoms with Gasteiger partial charge < -0.3 is 15.2 Å². The molecular weight excluding hydrogens is 374 g/mol. The second-order valence-electron chi connectivity index (χ2n) is 8.73. The maximum absolute atomic E-state index is 4.83. The van der Waals surface area contributed by atoms with Gasteiger partial charge in [0.1, 0.15) is 12.4 Å². The van der Waals surface area contributed by atoms with Gasteiger partial charge in [-0.3, -0.25) is 4.90 Å². The van der Waals surface area contributed by atoms with Gasteiger partial charge in [-0.1, -0.05) is 44.2 Å². The van der Waals surface area contributed by atoms with Crippen LogP contribution in [0.2, 0.25) is 0 Å². The zero-order valence-corrected chi connectivity index (χ0v) is 19.1. The first kappa shape index (κ1) is 22.3. The van der Waals surface area contributed by atoms with Crippen LogP contribution in [0.4, 0.5) is 0 Å². The summed E-state index contributed by atoms with van der Waals surface area (Å²) in [7, 11) is 1.98. The maximum Gasteiger partial charge on any atom is 0.192 e. The highest BCUT2D eigenvalue weighted by Gasteiger charge is 2.25. The van der Waals surface area contributed by atoms with Crippen molar-refractivity contribution in [3.63, 3.8) is 0 Å². The van der Waals surface area contributed by atoms with Crippen molar-refractivity contribution in [3.05, 3.63) is 47.5 Å². The second kappa shape index (κ2) is 10.6. The van der Waals surface area contributed by atoms with Crippen LogP contribution in [-0.4, -0.2) is 51.3 Å². The number of nitrogens with one attached hydrogen (secondary N) is 2. The lowest BCUT2D eigenvalue weighted by atomic mass is 10.1. The normalized spacial score (nSPS) is 18.7. The molecule has 0 aliphatic carbocycles. The van der Waals surface area contributed by atoms with Crippen LogP contribution in [0.1, 0.15) is 56.9 Å². The van der Waals surface area contributed by atoms with Gasteiger partial charge in [-0.2, -0.15) is 0 Å². The first-order chi connectivity index (χ1) is 14.4. The van der Waals surface area contributed by atoms with E-state index in [9.17, 15) is 0 Å². The number of aromatic nitrogens is 3. The average Bonchev–Trinajstić information content (AvgIpc) is 3.30. The van der Waals surface area contributed by atoms with Gasteiger partial charge in [0.05, 0.1) is 6.04 Å². The third-order valence-corrected chi connectivity index (χ3v) is 5.82. The van der Waals surface area contributed by atoms with E-state index in [4.69, 9.17) is 4.99 Å². The van der Waals surface area contributed by atoms with Crippen LogP contribution in [0.25, 0.3) is 0 Å². The number of benzene rings is 1. The molecular formula is C23H37N7. The van der Waals surface area contributed by atoms with Crippen LogP contribution in [0.3, 0.4) is 0 Å². The van der Waals surface area contributed by atoms with Crippen LogP contribution in [0.15, 0.2) is 35.3 Å². The number of guanidine groups is 1. The molecule has 1 aromatic heterocycles. The van der Waals surface area contributed by atoms with Crippen molar-refractivity contribution in [3.8, 4) is 0 Å². The van der Waals surface area contributed by atoms with Crippen molar-refractivity contribution >= 4 is 5.96 Å². The molecule has 3 rings (SSSR count). The summed E-state index contributed by atoms with van der Waals surface area (Å²) in [6.07, 6.45) is 2.52. The summed E-state index contributed by atoms with van der Waals surface area (Å²) in [4.78, 5) is 7.45. The molecule has 2 heterocycles. The minimum absolute atomic E-state index is 0.161. The lowest BCUT2D eigenvalue weighted by molar-refractivity contribution is 0.226. The van der Waals surface area contributed by atoms with Gasteiger partial charge in [0.25, 0.3) is 0 Å². The van der Waals surface area contributed by atoms with E-state index in [2.05, 4.69) is 70.8 Å². The lowest BCUT2D eigenvalue weighted by Gasteiger charge is -2.27. The van der Waals surface area contributed by atoms with Crippen molar-refractivity contribution in [1.29, 1.82) is 0 Å². The van der Waals surface area contributed by atoms with Gasteiger partial charge in [0.2, 0.25) is 0 Å². The van der Waals surface area contributed by atoms with E-state index in [-0.39, 0.29) is 6.04 Å². The molecule has 1 aromatic carbocycles. The van der Waals surface area contributed by atoms with Crippen LogP contribution >= 0.6 is 0 Å². The summed E-state index contributed by atoms with van der Waals surface area (Å²) in [6.45, 7) is 12.5. The SMILES string of the molecule is Cc1nnc(CN=C(NC[C@H]2CCCN2CC(C)C)NC(C)c2ccccc2)n1C. The molecule has 1 saturated heterocycles. The minimum atomic E-state index is 0.161. The molecule has 0 amide bonds. The van der Waals surface area contributed by atoms with Gasteiger partial charge in [0.15, 0.2) is 11.8 Å². The molecule has 1 fully saturated rings. The summed E-state index contributed by atoms with van der Waals surface area (Å²) in [6, 6.07) is 11.2. The molecule has 7 heteroatoms. The summed E-state index contributed by atoms with van der Waals surface area (Å²) in [5.41, 5.74) is 1.24. The van der Waals surface area contributed by atoms with Crippen molar-refractivity contribution in [2.45, 2.75) is 59.2 Å². The Labute approximate surface area is 181 Å². The Kier molecular flexibility index (Phi) is 7.85. The van der Waals surface area contributed by atoms with Crippen molar-refractivity contribution in [2.24, 2.45) is 18.0 Å². The topological polar surface area (TPSA) is 70.4 Å². The predicted molar refractivity (Wildman–Crippen MR) is 122 cm³/mol. The van der Waals surface area contributed by atoms with Gasteiger partial charge in [-0.05, 0) is 44.7 Å². The number of nitrogens with zero attached hydrogens (tertiary/aromatic N) is 5. The summed E-state index contributed by atoms with van der Waals surface area (Å²) >= 11 is 0. The number of aliphatic imine (C=N–C) groups is 1. The fourth-order valence-electron chi connectivity index (χ4n) is 3.97. The van der Waals surface area contributed by atoms with Gasteiger partial charge in [-0.25, -0.2) is 4.99 Å². The Morgan fingerprint density at radius 2 is 1.97 bits per heavy atom. The van der Waals surface area contributed by atoms with Gasteiger partial charge in [0, 0.05) is 26.2 Å². The van der Waals surface area contributed by atoms with E-state index in [1.807, 2.05) is 24.6 Å². The largest absolute Gasteiger partial charge is 0.355 e. The Hall–Kier alpha value is -2.41. The average molecular weight is 412 g/mol. The third kappa shape index (κ3) is 6.05. The molecule has 164 valence electrons. The number of rotatable bonds is 8. The zero-order chi connectivity index (χ0) is 21.5. The van der Waals surface area contributed by atoms with Gasteiger partial charge in [-0.15, -0.1) is 10.2 Å². The zero-order valence-electron chi connectivity index (χ0n) is 19.1. The number of hydrogen-bond donors (Lipinski definition) is 2. The van der Waals surface area contributed by atoms with E-state index < -0.39 is 0 Å². The Morgan fingerprint density at radius 1 is 1.20 bits per heavy atom. The summed E-state index contributed by atoms with van der Waals surface area (Å²) in [5.74, 6) is 3.27. The second-order valence-corrected chi connectivity index (χ2v) is 8.73. The quantitative estimate of drug-likeness (QED) is 0.516. The molecule has 2 atom stereocenters. The molecule has 30 heavy (non-hydrogen) atoms. The molecule has 1 unspecified atom stereocenters. The number of hydrogen-bond acceptors (Lipinski definition) is 4. The first-order valence-corrected chi connectivity index (χ1v) is 11.1. The minimum Gasteiger partial charge on any atom is -0.355 e. The fourth-order valence-corrected chi connectivity index (χ4v) is 3.97. The molecule has 1 aliphatic rings. The first-order valence-electron chi connectivity index (χ1n) is 11.1. The highest BCUT2D eigenvalue weighted by atomic mass is 15.3. The van der Waals surface area contributed by atoms with E-state index >= 15 is 0 Å². The Balaban J connectivity index is 1.68. The molecule has 0 saturated carbocycles. The third-order valence-electron chi connectivity index (χ3n) is 5.82. The van der Waals surface area contributed by atoms with Crippen molar-refractivity contribution in [2.75, 3.05) is 19.6 Å². The number of aryl methyl sites for hydroxylation is 1. The summed E-state index contributed by atoms with van der Waals surface area (Å²) < 4.78 is 1.99. The molecule has 0 spiro atoms. The predicted octanol–water partition coefficient (Wildman–Crippen LogP) is 3.04. The van der Waals surface area contributed by atoms with E-state index in [0.29, 0.717) is 18.5 Å². The highest BCUT2D eigenvalue weighted by molar-refractivity contribution is 5.80. The van der Waals surface area contributed by atoms with Gasteiger partial charge >= 0.3 is 0 Å².